The summed E-state index contributed by atoms with van der Waals surface area (Å²) in [7, 11) is 2.09. The Hall–Kier alpha value is 0.140. The number of nitrogens with one attached hydrogen (secondary N) is 1. The number of rotatable bonds is 3. The molecule has 1 nitrogen and oxygen atoms in total. The summed E-state index contributed by atoms with van der Waals surface area (Å²) in [5, 5.41) is 3.51. The van der Waals surface area contributed by atoms with Gasteiger partial charge in [-0.1, -0.05) is 19.8 Å². The molecular formula is C13H20BrNS. The smallest absolute Gasteiger partial charge is 0.0701 e. The highest BCUT2D eigenvalue weighted by atomic mass is 79.9. The van der Waals surface area contributed by atoms with Crippen LogP contribution >= 0.6 is 27.3 Å². The van der Waals surface area contributed by atoms with Crippen LogP contribution in [0.15, 0.2) is 15.9 Å². The molecule has 1 aromatic rings. The molecule has 0 amide bonds. The normalized spacial score (nSPS) is 27.9. The van der Waals surface area contributed by atoms with Crippen LogP contribution in [0.3, 0.4) is 0 Å². The molecule has 1 aliphatic rings. The van der Waals surface area contributed by atoms with Gasteiger partial charge in [0, 0.05) is 10.9 Å². The van der Waals surface area contributed by atoms with Gasteiger partial charge in [-0.3, -0.25) is 0 Å². The molecule has 1 N–H and O–H groups in total. The van der Waals surface area contributed by atoms with E-state index in [0.29, 0.717) is 6.04 Å². The first-order chi connectivity index (χ1) is 7.70. The summed E-state index contributed by atoms with van der Waals surface area (Å²) >= 11 is 5.42. The van der Waals surface area contributed by atoms with E-state index in [4.69, 9.17) is 0 Å². The first-order valence-corrected chi connectivity index (χ1v) is 7.74. The molecule has 2 rings (SSSR count). The van der Waals surface area contributed by atoms with Crippen LogP contribution in [0, 0.1) is 11.8 Å². The monoisotopic (exact) mass is 301 g/mol. The van der Waals surface area contributed by atoms with Gasteiger partial charge >= 0.3 is 0 Å². The standard InChI is InChI=1S/C13H20BrNS/c1-9-3-5-10(6-4-9)13(15-2)11-7-8-12(14)16-11/h7-10,13,15H,3-6H2,1-2H3. The van der Waals surface area contributed by atoms with E-state index in [1.165, 1.54) is 34.3 Å². The number of hydrogen-bond acceptors (Lipinski definition) is 2. The summed E-state index contributed by atoms with van der Waals surface area (Å²) in [6.45, 7) is 2.38. The van der Waals surface area contributed by atoms with Gasteiger partial charge in [-0.15, -0.1) is 11.3 Å². The van der Waals surface area contributed by atoms with Crippen molar-refractivity contribution in [1.29, 1.82) is 0 Å². The van der Waals surface area contributed by atoms with E-state index in [9.17, 15) is 0 Å². The maximum Gasteiger partial charge on any atom is 0.0701 e. The zero-order chi connectivity index (χ0) is 11.5. The molecule has 1 saturated carbocycles. The Kier molecular flexibility index (Phi) is 4.45. The average molecular weight is 302 g/mol. The van der Waals surface area contributed by atoms with Crippen molar-refractivity contribution in [3.8, 4) is 0 Å². The third-order valence-corrected chi connectivity index (χ3v) is 5.45. The lowest BCUT2D eigenvalue weighted by Gasteiger charge is -2.32. The molecule has 0 radical (unpaired) electrons. The predicted molar refractivity (Wildman–Crippen MR) is 74.9 cm³/mol. The van der Waals surface area contributed by atoms with Crippen molar-refractivity contribution in [3.05, 3.63) is 20.8 Å². The lowest BCUT2D eigenvalue weighted by molar-refractivity contribution is 0.240. The summed E-state index contributed by atoms with van der Waals surface area (Å²) in [5.41, 5.74) is 0. The molecule has 0 aliphatic heterocycles. The van der Waals surface area contributed by atoms with Gasteiger partial charge in [0.1, 0.15) is 0 Å². The lowest BCUT2D eigenvalue weighted by Crippen LogP contribution is -2.27. The molecule has 1 heterocycles. The van der Waals surface area contributed by atoms with Crippen LogP contribution in [0.4, 0.5) is 0 Å². The van der Waals surface area contributed by atoms with Crippen LogP contribution in [0.1, 0.15) is 43.5 Å². The first kappa shape index (κ1) is 12.6. The molecule has 0 saturated heterocycles. The van der Waals surface area contributed by atoms with Gasteiger partial charge in [-0.25, -0.2) is 0 Å². The molecule has 1 atom stereocenters. The van der Waals surface area contributed by atoms with E-state index >= 15 is 0 Å². The second-order valence-corrected chi connectivity index (χ2v) is 7.42. The summed E-state index contributed by atoms with van der Waals surface area (Å²) < 4.78 is 1.24. The van der Waals surface area contributed by atoms with Crippen molar-refractivity contribution >= 4 is 27.3 Å². The third kappa shape index (κ3) is 2.88. The minimum atomic E-state index is 0.559. The van der Waals surface area contributed by atoms with E-state index in [2.05, 4.69) is 47.4 Å². The van der Waals surface area contributed by atoms with Crippen molar-refractivity contribution in [2.75, 3.05) is 7.05 Å². The van der Waals surface area contributed by atoms with Gasteiger partial charge < -0.3 is 5.32 Å². The molecule has 0 aromatic carbocycles. The fraction of sp³-hybridized carbons (Fsp3) is 0.692. The van der Waals surface area contributed by atoms with Crippen LogP contribution < -0.4 is 5.32 Å². The van der Waals surface area contributed by atoms with Gasteiger partial charge in [-0.05, 0) is 59.8 Å². The highest BCUT2D eigenvalue weighted by Gasteiger charge is 2.26. The van der Waals surface area contributed by atoms with Gasteiger partial charge in [0.15, 0.2) is 0 Å². The molecule has 16 heavy (non-hydrogen) atoms. The molecule has 1 unspecified atom stereocenters. The quantitative estimate of drug-likeness (QED) is 0.860. The average Bonchev–Trinajstić information content (AvgIpc) is 2.69. The van der Waals surface area contributed by atoms with E-state index in [1.807, 2.05) is 11.3 Å². The van der Waals surface area contributed by atoms with Crippen LogP contribution in [0.5, 0.6) is 0 Å². The van der Waals surface area contributed by atoms with Crippen molar-refractivity contribution in [3.63, 3.8) is 0 Å². The largest absolute Gasteiger partial charge is 0.312 e. The van der Waals surface area contributed by atoms with E-state index in [1.54, 1.807) is 0 Å². The predicted octanol–water partition coefficient (Wildman–Crippen LogP) is 4.60. The van der Waals surface area contributed by atoms with Crippen molar-refractivity contribution in [2.24, 2.45) is 11.8 Å². The fourth-order valence-corrected chi connectivity index (χ4v) is 4.35. The number of thiophene rings is 1. The summed E-state index contributed by atoms with van der Waals surface area (Å²) in [4.78, 5) is 1.48. The number of halogens is 1. The van der Waals surface area contributed by atoms with Gasteiger partial charge in [0.05, 0.1) is 3.79 Å². The van der Waals surface area contributed by atoms with Crippen LogP contribution in [0.25, 0.3) is 0 Å². The highest BCUT2D eigenvalue weighted by molar-refractivity contribution is 9.11. The Labute approximate surface area is 111 Å². The van der Waals surface area contributed by atoms with E-state index in [-0.39, 0.29) is 0 Å². The van der Waals surface area contributed by atoms with Crippen molar-refractivity contribution < 1.29 is 0 Å². The molecule has 1 aliphatic carbocycles. The van der Waals surface area contributed by atoms with Gasteiger partial charge in [-0.2, -0.15) is 0 Å². The van der Waals surface area contributed by atoms with Gasteiger partial charge in [0.25, 0.3) is 0 Å². The van der Waals surface area contributed by atoms with Crippen molar-refractivity contribution in [1.82, 2.24) is 5.32 Å². The van der Waals surface area contributed by atoms with E-state index < -0.39 is 0 Å². The highest BCUT2D eigenvalue weighted by Crippen LogP contribution is 2.39. The van der Waals surface area contributed by atoms with Crippen molar-refractivity contribution in [2.45, 2.75) is 38.6 Å². The Bertz CT molecular complexity index is 328. The molecule has 0 spiro atoms. The molecule has 1 fully saturated rings. The Balaban J connectivity index is 2.05. The zero-order valence-electron chi connectivity index (χ0n) is 10.0. The second kappa shape index (κ2) is 5.65. The molecule has 1 aromatic heterocycles. The van der Waals surface area contributed by atoms with Crippen LogP contribution in [-0.2, 0) is 0 Å². The fourth-order valence-electron chi connectivity index (χ4n) is 2.72. The molecular weight excluding hydrogens is 282 g/mol. The topological polar surface area (TPSA) is 12.0 Å². The Morgan fingerprint density at radius 3 is 2.50 bits per heavy atom. The minimum Gasteiger partial charge on any atom is -0.312 e. The first-order valence-electron chi connectivity index (χ1n) is 6.13. The van der Waals surface area contributed by atoms with Crippen LogP contribution in [0.2, 0.25) is 0 Å². The maximum absolute atomic E-state index is 3.55. The molecule has 3 heteroatoms. The number of hydrogen-bond donors (Lipinski definition) is 1. The summed E-state index contributed by atoms with van der Waals surface area (Å²) in [5.74, 6) is 1.76. The van der Waals surface area contributed by atoms with Gasteiger partial charge in [0.2, 0.25) is 0 Å². The molecule has 0 bridgehead atoms. The summed E-state index contributed by atoms with van der Waals surface area (Å²) in [6, 6.07) is 4.98. The zero-order valence-corrected chi connectivity index (χ0v) is 12.4. The molecule has 90 valence electrons. The second-order valence-electron chi connectivity index (χ2n) is 4.93. The minimum absolute atomic E-state index is 0.559. The Morgan fingerprint density at radius 2 is 2.00 bits per heavy atom. The third-order valence-electron chi connectivity index (χ3n) is 3.74. The lowest BCUT2D eigenvalue weighted by atomic mass is 9.79. The SMILES string of the molecule is CNC(c1ccc(Br)s1)C1CCC(C)CC1. The summed E-state index contributed by atoms with van der Waals surface area (Å²) in [6.07, 6.45) is 5.55. The van der Waals surface area contributed by atoms with E-state index in [0.717, 1.165) is 11.8 Å². The maximum atomic E-state index is 3.55. The Morgan fingerprint density at radius 1 is 1.31 bits per heavy atom. The van der Waals surface area contributed by atoms with Crippen LogP contribution in [-0.4, -0.2) is 7.05 Å².